The van der Waals surface area contributed by atoms with E-state index >= 15 is 0 Å². The molecule has 0 N–H and O–H groups in total. The van der Waals surface area contributed by atoms with Crippen molar-refractivity contribution in [2.45, 2.75) is 18.9 Å². The first-order valence-electron chi connectivity index (χ1n) is 8.89. The molecule has 0 saturated carbocycles. The maximum absolute atomic E-state index is 12.8. The van der Waals surface area contributed by atoms with Crippen molar-refractivity contribution in [2.24, 2.45) is 5.92 Å². The summed E-state index contributed by atoms with van der Waals surface area (Å²) >= 11 is 1.42. The molecule has 0 unspecified atom stereocenters. The average molecular weight is 374 g/mol. The number of amides is 1. The van der Waals surface area contributed by atoms with Crippen LogP contribution in [0, 0.1) is 5.92 Å². The van der Waals surface area contributed by atoms with Crippen LogP contribution in [0.2, 0.25) is 0 Å². The van der Waals surface area contributed by atoms with Gasteiger partial charge in [-0.2, -0.15) is 0 Å². The largest absolute Gasteiger partial charge is 0.492 e. The van der Waals surface area contributed by atoms with Gasteiger partial charge in [-0.25, -0.2) is 4.98 Å². The zero-order valence-electron chi connectivity index (χ0n) is 14.7. The number of nitrogens with zero attached hydrogens (tertiary/aromatic N) is 2. The Morgan fingerprint density at radius 2 is 2.27 bits per heavy atom. The number of thiophene rings is 1. The van der Waals surface area contributed by atoms with Crippen LogP contribution in [0.3, 0.4) is 0 Å². The summed E-state index contributed by atoms with van der Waals surface area (Å²) in [6, 6.07) is 7.48. The number of carbonyl (C=O) groups excluding carboxylic acids is 1. The third-order valence-electron chi connectivity index (χ3n) is 5.00. The van der Waals surface area contributed by atoms with Crippen molar-refractivity contribution in [3.63, 3.8) is 0 Å². The van der Waals surface area contributed by atoms with Crippen LogP contribution in [0.4, 0.5) is 0 Å². The molecule has 138 valence electrons. The van der Waals surface area contributed by atoms with Crippen molar-refractivity contribution < 1.29 is 19.0 Å². The summed E-state index contributed by atoms with van der Waals surface area (Å²) in [4.78, 5) is 19.5. The number of pyridine rings is 1. The molecule has 6 nitrogen and oxygen atoms in total. The molecule has 7 heteroatoms. The topological polar surface area (TPSA) is 60.9 Å². The van der Waals surface area contributed by atoms with E-state index in [4.69, 9.17) is 14.2 Å². The Balaban J connectivity index is 1.37. The minimum Gasteiger partial charge on any atom is -0.492 e. The molecule has 2 aliphatic rings. The second kappa shape index (κ2) is 7.25. The highest BCUT2D eigenvalue weighted by Crippen LogP contribution is 2.41. The van der Waals surface area contributed by atoms with Crippen LogP contribution < -0.4 is 9.47 Å². The Hall–Kier alpha value is -2.12. The van der Waals surface area contributed by atoms with Crippen molar-refractivity contribution in [3.8, 4) is 11.6 Å². The number of aromatic nitrogens is 1. The van der Waals surface area contributed by atoms with E-state index in [1.165, 1.54) is 11.3 Å². The highest BCUT2D eigenvalue weighted by molar-refractivity contribution is 7.12. The molecule has 4 heterocycles. The van der Waals surface area contributed by atoms with Crippen molar-refractivity contribution in [3.05, 3.63) is 40.7 Å². The summed E-state index contributed by atoms with van der Waals surface area (Å²) in [6.07, 6.45) is 2.66. The van der Waals surface area contributed by atoms with E-state index in [1.54, 1.807) is 6.20 Å². The molecule has 0 radical (unpaired) electrons. The SMILES string of the molecule is CCOc1ccsc1C(=O)N1CC2(C1)OCC[C@@H]2COc1ccccn1. The van der Waals surface area contributed by atoms with Gasteiger partial charge in [-0.15, -0.1) is 11.3 Å². The van der Waals surface area contributed by atoms with Crippen molar-refractivity contribution in [2.75, 3.05) is 32.9 Å². The summed E-state index contributed by atoms with van der Waals surface area (Å²) < 4.78 is 17.4. The van der Waals surface area contributed by atoms with E-state index in [2.05, 4.69) is 4.98 Å². The molecular formula is C19H22N2O4S. The Bertz CT molecular complexity index is 758. The van der Waals surface area contributed by atoms with E-state index in [0.717, 1.165) is 6.42 Å². The van der Waals surface area contributed by atoms with Crippen LogP contribution in [0.1, 0.15) is 23.0 Å². The fourth-order valence-electron chi connectivity index (χ4n) is 3.60. The van der Waals surface area contributed by atoms with Gasteiger partial charge in [-0.3, -0.25) is 4.79 Å². The molecule has 4 rings (SSSR count). The van der Waals surface area contributed by atoms with Crippen LogP contribution in [-0.4, -0.2) is 54.3 Å². The molecular weight excluding hydrogens is 352 g/mol. The first-order chi connectivity index (χ1) is 12.7. The second-order valence-electron chi connectivity index (χ2n) is 6.59. The minimum atomic E-state index is -0.284. The normalized spacial score (nSPS) is 20.8. The van der Waals surface area contributed by atoms with Crippen LogP contribution in [-0.2, 0) is 4.74 Å². The number of hydrogen-bond donors (Lipinski definition) is 0. The van der Waals surface area contributed by atoms with Crippen LogP contribution in [0.5, 0.6) is 11.6 Å². The minimum absolute atomic E-state index is 0.0222. The molecule has 2 fully saturated rings. The van der Waals surface area contributed by atoms with Gasteiger partial charge in [0.1, 0.15) is 16.2 Å². The molecule has 1 amide bonds. The van der Waals surface area contributed by atoms with Gasteiger partial charge in [-0.1, -0.05) is 6.07 Å². The lowest BCUT2D eigenvalue weighted by atomic mass is 9.81. The second-order valence-corrected chi connectivity index (χ2v) is 7.50. The van der Waals surface area contributed by atoms with Crippen molar-refractivity contribution in [1.82, 2.24) is 9.88 Å². The fraction of sp³-hybridized carbons (Fsp3) is 0.474. The van der Waals surface area contributed by atoms with Gasteiger partial charge in [0.15, 0.2) is 0 Å². The number of hydrogen-bond acceptors (Lipinski definition) is 6. The Kier molecular flexibility index (Phi) is 4.82. The predicted octanol–water partition coefficient (Wildman–Crippen LogP) is 2.85. The van der Waals surface area contributed by atoms with Gasteiger partial charge in [0.25, 0.3) is 5.91 Å². The maximum atomic E-state index is 12.8. The lowest BCUT2D eigenvalue weighted by Gasteiger charge is -2.49. The number of likely N-dealkylation sites (tertiary alicyclic amines) is 1. The standard InChI is InChI=1S/C19H22N2O4S/c1-2-23-15-7-10-26-17(15)18(22)21-12-19(13-21)14(6-9-25-19)11-24-16-5-3-4-8-20-16/h3-5,7-8,10,14H,2,6,9,11-13H2,1H3/t14-/m1/s1. The number of carbonyl (C=O) groups is 1. The summed E-state index contributed by atoms with van der Waals surface area (Å²) in [6.45, 7) is 4.95. The Morgan fingerprint density at radius 3 is 3.04 bits per heavy atom. The number of ether oxygens (including phenoxy) is 3. The summed E-state index contributed by atoms with van der Waals surface area (Å²) in [5, 5.41) is 1.89. The molecule has 0 aliphatic carbocycles. The highest BCUT2D eigenvalue weighted by atomic mass is 32.1. The van der Waals surface area contributed by atoms with Gasteiger partial charge >= 0.3 is 0 Å². The third-order valence-corrected chi connectivity index (χ3v) is 5.88. The van der Waals surface area contributed by atoms with Crippen LogP contribution >= 0.6 is 11.3 Å². The van der Waals surface area contributed by atoms with E-state index in [-0.39, 0.29) is 17.4 Å². The lowest BCUT2D eigenvalue weighted by molar-refractivity contribution is -0.122. The van der Waals surface area contributed by atoms with E-state index in [1.807, 2.05) is 41.5 Å². The maximum Gasteiger partial charge on any atom is 0.267 e. The third kappa shape index (κ3) is 3.17. The molecule has 1 spiro atoms. The molecule has 2 aromatic rings. The fourth-order valence-corrected chi connectivity index (χ4v) is 4.40. The molecule has 2 aliphatic heterocycles. The van der Waals surface area contributed by atoms with Gasteiger partial charge in [-0.05, 0) is 30.9 Å². The van der Waals surface area contributed by atoms with Crippen molar-refractivity contribution in [1.29, 1.82) is 0 Å². The summed E-state index contributed by atoms with van der Waals surface area (Å²) in [5.41, 5.74) is -0.284. The highest BCUT2D eigenvalue weighted by Gasteiger charge is 2.55. The zero-order chi connectivity index (χ0) is 18.0. The molecule has 1 atom stereocenters. The number of rotatable bonds is 6. The molecule has 0 bridgehead atoms. The van der Waals surface area contributed by atoms with E-state index in [9.17, 15) is 4.79 Å². The Labute approximate surface area is 156 Å². The predicted molar refractivity (Wildman–Crippen MR) is 97.9 cm³/mol. The molecule has 26 heavy (non-hydrogen) atoms. The van der Waals surface area contributed by atoms with Gasteiger partial charge < -0.3 is 19.1 Å². The molecule has 2 saturated heterocycles. The van der Waals surface area contributed by atoms with Crippen LogP contribution in [0.25, 0.3) is 0 Å². The van der Waals surface area contributed by atoms with Crippen LogP contribution in [0.15, 0.2) is 35.8 Å². The Morgan fingerprint density at radius 1 is 1.38 bits per heavy atom. The first-order valence-corrected chi connectivity index (χ1v) is 9.77. The first kappa shape index (κ1) is 17.3. The molecule has 0 aromatic carbocycles. The zero-order valence-corrected chi connectivity index (χ0v) is 15.5. The van der Waals surface area contributed by atoms with Gasteiger partial charge in [0, 0.05) is 24.8 Å². The van der Waals surface area contributed by atoms with Crippen molar-refractivity contribution >= 4 is 17.2 Å². The van der Waals surface area contributed by atoms with Gasteiger partial charge in [0.05, 0.1) is 26.3 Å². The summed E-state index contributed by atoms with van der Waals surface area (Å²) in [5.74, 6) is 1.59. The monoisotopic (exact) mass is 374 g/mol. The lowest BCUT2D eigenvalue weighted by Crippen LogP contribution is -2.66. The van der Waals surface area contributed by atoms with Gasteiger partial charge in [0.2, 0.25) is 5.88 Å². The molecule has 2 aromatic heterocycles. The van der Waals surface area contributed by atoms with E-state index < -0.39 is 0 Å². The van der Waals surface area contributed by atoms with E-state index in [0.29, 0.717) is 49.4 Å². The average Bonchev–Trinajstić information content (AvgIpc) is 3.26. The smallest absolute Gasteiger partial charge is 0.267 e. The summed E-state index contributed by atoms with van der Waals surface area (Å²) in [7, 11) is 0. The quantitative estimate of drug-likeness (QED) is 0.778.